The minimum Gasteiger partial charge on any atom is -0.357 e. The van der Waals surface area contributed by atoms with Crippen molar-refractivity contribution in [1.82, 2.24) is 20.1 Å². The first kappa shape index (κ1) is 19.3. The first-order chi connectivity index (χ1) is 13.2. The molecule has 1 fully saturated rings. The monoisotopic (exact) mass is 369 g/mol. The number of carbonyl (C=O) groups excluding carboxylic acids is 1. The molecule has 0 aliphatic carbocycles. The Morgan fingerprint density at radius 3 is 2.93 bits per heavy atom. The quantitative estimate of drug-likeness (QED) is 0.448. The number of aromatic nitrogens is 1. The number of likely N-dealkylation sites (tertiary alicyclic amines) is 1. The topological polar surface area (TPSA) is 61.7 Å². The number of guanidine groups is 1. The molecule has 1 amide bonds. The maximum atomic E-state index is 11.8. The van der Waals surface area contributed by atoms with E-state index >= 15 is 0 Å². The number of para-hydroxylation sites is 1. The third-order valence-electron chi connectivity index (χ3n) is 5.04. The smallest absolute Gasteiger partial charge is 0.222 e. The van der Waals surface area contributed by atoms with Crippen LogP contribution in [-0.4, -0.2) is 53.6 Å². The molecule has 0 saturated carbocycles. The van der Waals surface area contributed by atoms with Gasteiger partial charge in [0.2, 0.25) is 5.91 Å². The largest absolute Gasteiger partial charge is 0.357 e. The summed E-state index contributed by atoms with van der Waals surface area (Å²) in [5.74, 6) is 1.09. The summed E-state index contributed by atoms with van der Waals surface area (Å²) in [6.45, 7) is 8.16. The van der Waals surface area contributed by atoms with Crippen LogP contribution in [0.25, 0.3) is 10.9 Å². The molecule has 3 rings (SSSR count). The van der Waals surface area contributed by atoms with E-state index in [-0.39, 0.29) is 11.9 Å². The molecule has 2 aromatic rings. The molecule has 6 heteroatoms. The van der Waals surface area contributed by atoms with Crippen molar-refractivity contribution in [2.75, 3.05) is 26.2 Å². The van der Waals surface area contributed by atoms with E-state index in [2.05, 4.69) is 58.7 Å². The van der Waals surface area contributed by atoms with Gasteiger partial charge in [0.25, 0.3) is 0 Å². The molecule has 0 bridgehead atoms. The Balaban J connectivity index is 1.49. The zero-order chi connectivity index (χ0) is 19.1. The van der Waals surface area contributed by atoms with Gasteiger partial charge in [-0.15, -0.1) is 0 Å². The average molecular weight is 370 g/mol. The lowest BCUT2D eigenvalue weighted by molar-refractivity contribution is -0.129. The van der Waals surface area contributed by atoms with Crippen molar-refractivity contribution >= 4 is 22.8 Å². The van der Waals surface area contributed by atoms with Crippen molar-refractivity contribution < 1.29 is 4.79 Å². The lowest BCUT2D eigenvalue weighted by atomic mass is 10.2. The van der Waals surface area contributed by atoms with Gasteiger partial charge in [-0.1, -0.05) is 25.1 Å². The van der Waals surface area contributed by atoms with E-state index in [1.165, 1.54) is 10.9 Å². The molecule has 6 nitrogen and oxygen atoms in total. The van der Waals surface area contributed by atoms with E-state index in [4.69, 9.17) is 4.99 Å². The maximum absolute atomic E-state index is 11.8. The molecule has 1 aromatic heterocycles. The molecule has 1 unspecified atom stereocenters. The molecule has 1 saturated heterocycles. The van der Waals surface area contributed by atoms with Gasteiger partial charge in [0.15, 0.2) is 5.96 Å². The van der Waals surface area contributed by atoms with Gasteiger partial charge in [-0.2, -0.15) is 0 Å². The van der Waals surface area contributed by atoms with E-state index in [0.29, 0.717) is 6.42 Å². The standard InChI is InChI=1S/C21H31N5O/c1-3-20(27)26-15-11-18(16-26)24-21(22-4-2)23-12-7-13-25-14-10-17-8-5-6-9-19(17)25/h5-6,8-10,14,18H,3-4,7,11-13,15-16H2,1-2H3,(H2,22,23,24). The highest BCUT2D eigenvalue weighted by Gasteiger charge is 2.25. The summed E-state index contributed by atoms with van der Waals surface area (Å²) in [7, 11) is 0. The van der Waals surface area contributed by atoms with Gasteiger partial charge >= 0.3 is 0 Å². The summed E-state index contributed by atoms with van der Waals surface area (Å²) < 4.78 is 2.29. The predicted molar refractivity (Wildman–Crippen MR) is 111 cm³/mol. The number of nitrogens with one attached hydrogen (secondary N) is 2. The minimum atomic E-state index is 0.236. The molecule has 0 radical (unpaired) electrons. The van der Waals surface area contributed by atoms with Crippen molar-refractivity contribution in [2.24, 2.45) is 4.99 Å². The van der Waals surface area contributed by atoms with Gasteiger partial charge in [-0.25, -0.2) is 0 Å². The fourth-order valence-electron chi connectivity index (χ4n) is 3.61. The molecule has 2 heterocycles. The van der Waals surface area contributed by atoms with Crippen LogP contribution >= 0.6 is 0 Å². The van der Waals surface area contributed by atoms with Crippen molar-refractivity contribution in [2.45, 2.75) is 45.7 Å². The SMILES string of the molecule is CCNC(=NCCCn1ccc2ccccc21)NC1CCN(C(=O)CC)C1. The van der Waals surface area contributed by atoms with Crippen molar-refractivity contribution in [1.29, 1.82) is 0 Å². The molecule has 2 N–H and O–H groups in total. The van der Waals surface area contributed by atoms with E-state index < -0.39 is 0 Å². The minimum absolute atomic E-state index is 0.236. The summed E-state index contributed by atoms with van der Waals surface area (Å²) in [5.41, 5.74) is 1.28. The van der Waals surface area contributed by atoms with Crippen LogP contribution in [0.1, 0.15) is 33.1 Å². The zero-order valence-electron chi connectivity index (χ0n) is 16.4. The number of amides is 1. The summed E-state index contributed by atoms with van der Waals surface area (Å²) in [4.78, 5) is 18.5. The summed E-state index contributed by atoms with van der Waals surface area (Å²) >= 11 is 0. The number of carbonyl (C=O) groups is 1. The molecule has 1 aliphatic heterocycles. The van der Waals surface area contributed by atoms with Crippen LogP contribution in [0.2, 0.25) is 0 Å². The molecule has 146 valence electrons. The van der Waals surface area contributed by atoms with Crippen LogP contribution in [0.4, 0.5) is 0 Å². The Morgan fingerprint density at radius 1 is 1.26 bits per heavy atom. The van der Waals surface area contributed by atoms with Crippen LogP contribution in [0.5, 0.6) is 0 Å². The van der Waals surface area contributed by atoms with E-state index in [0.717, 1.165) is 51.5 Å². The first-order valence-corrected chi connectivity index (χ1v) is 10.1. The fourth-order valence-corrected chi connectivity index (χ4v) is 3.61. The van der Waals surface area contributed by atoms with E-state index in [1.807, 2.05) is 11.8 Å². The summed E-state index contributed by atoms with van der Waals surface area (Å²) in [6.07, 6.45) is 4.69. The molecule has 1 aromatic carbocycles. The number of hydrogen-bond donors (Lipinski definition) is 2. The second-order valence-electron chi connectivity index (χ2n) is 7.01. The second-order valence-corrected chi connectivity index (χ2v) is 7.01. The third kappa shape index (κ3) is 5.02. The maximum Gasteiger partial charge on any atom is 0.222 e. The highest BCUT2D eigenvalue weighted by molar-refractivity contribution is 5.81. The molecule has 1 atom stereocenters. The van der Waals surface area contributed by atoms with Gasteiger partial charge in [-0.3, -0.25) is 9.79 Å². The normalized spacial score (nSPS) is 17.5. The third-order valence-corrected chi connectivity index (χ3v) is 5.04. The highest BCUT2D eigenvalue weighted by atomic mass is 16.2. The number of fused-ring (bicyclic) bond motifs is 1. The van der Waals surface area contributed by atoms with E-state index in [9.17, 15) is 4.79 Å². The fraction of sp³-hybridized carbons (Fsp3) is 0.524. The molecular weight excluding hydrogens is 338 g/mol. The van der Waals surface area contributed by atoms with Gasteiger partial charge in [-0.05, 0) is 37.3 Å². The van der Waals surface area contributed by atoms with Crippen molar-refractivity contribution in [3.8, 4) is 0 Å². The predicted octanol–water partition coefficient (Wildman–Crippen LogP) is 2.60. The van der Waals surface area contributed by atoms with Gasteiger partial charge < -0.3 is 20.1 Å². The number of benzene rings is 1. The molecule has 0 spiro atoms. The summed E-state index contributed by atoms with van der Waals surface area (Å²) in [5, 5.41) is 8.09. The van der Waals surface area contributed by atoms with Gasteiger partial charge in [0.1, 0.15) is 0 Å². The Morgan fingerprint density at radius 2 is 2.11 bits per heavy atom. The van der Waals surface area contributed by atoms with Crippen LogP contribution in [0.15, 0.2) is 41.5 Å². The van der Waals surface area contributed by atoms with Crippen LogP contribution < -0.4 is 10.6 Å². The lowest BCUT2D eigenvalue weighted by Crippen LogP contribution is -2.45. The van der Waals surface area contributed by atoms with Crippen LogP contribution in [-0.2, 0) is 11.3 Å². The van der Waals surface area contributed by atoms with Crippen molar-refractivity contribution in [3.05, 3.63) is 36.5 Å². The molecule has 27 heavy (non-hydrogen) atoms. The molecule has 1 aliphatic rings. The number of nitrogens with zero attached hydrogens (tertiary/aromatic N) is 3. The highest BCUT2D eigenvalue weighted by Crippen LogP contribution is 2.15. The lowest BCUT2D eigenvalue weighted by Gasteiger charge is -2.18. The summed E-state index contributed by atoms with van der Waals surface area (Å²) in [6, 6.07) is 10.9. The average Bonchev–Trinajstić information content (AvgIpc) is 3.32. The first-order valence-electron chi connectivity index (χ1n) is 10.1. The van der Waals surface area contributed by atoms with Gasteiger partial charge in [0.05, 0.1) is 0 Å². The van der Waals surface area contributed by atoms with Crippen molar-refractivity contribution in [3.63, 3.8) is 0 Å². The number of rotatable bonds is 7. The zero-order valence-corrected chi connectivity index (χ0v) is 16.4. The van der Waals surface area contributed by atoms with Gasteiger partial charge in [0, 0.05) is 56.9 Å². The number of hydrogen-bond acceptors (Lipinski definition) is 2. The van der Waals surface area contributed by atoms with E-state index in [1.54, 1.807) is 0 Å². The van der Waals surface area contributed by atoms with Crippen LogP contribution in [0, 0.1) is 0 Å². The Kier molecular flexibility index (Phi) is 6.74. The molecular formula is C21H31N5O. The van der Waals surface area contributed by atoms with Crippen LogP contribution in [0.3, 0.4) is 0 Å². The number of aliphatic imine (C=N–C) groups is 1. The Hall–Kier alpha value is -2.50. The second kappa shape index (κ2) is 9.44. The Bertz CT molecular complexity index is 782. The number of aryl methyl sites for hydroxylation is 1. The Labute approximate surface area is 161 Å².